The fourth-order valence-electron chi connectivity index (χ4n) is 11.8. The molecule has 0 aliphatic rings. The Labute approximate surface area is 576 Å². The summed E-state index contributed by atoms with van der Waals surface area (Å²) in [6.07, 6.45) is 6.43. The van der Waals surface area contributed by atoms with E-state index in [9.17, 15) is 51.1 Å². The third-order valence-electron chi connectivity index (χ3n) is 16.9. The molecule has 0 aliphatic carbocycles. The van der Waals surface area contributed by atoms with E-state index in [1.54, 1.807) is 200 Å². The van der Waals surface area contributed by atoms with Crippen LogP contribution in [0, 0.1) is 0 Å². The van der Waals surface area contributed by atoms with Gasteiger partial charge >= 0.3 is 0 Å². The van der Waals surface area contributed by atoms with Crippen molar-refractivity contribution in [2.45, 2.75) is 19.3 Å². The highest BCUT2D eigenvalue weighted by atomic mass is 32.1. The van der Waals surface area contributed by atoms with Crippen LogP contribution >= 0.6 is 22.7 Å². The van der Waals surface area contributed by atoms with Crippen LogP contribution in [0.15, 0.2) is 248 Å². The van der Waals surface area contributed by atoms with Crippen molar-refractivity contribution in [3.63, 3.8) is 0 Å². The summed E-state index contributed by atoms with van der Waals surface area (Å²) in [5.41, 5.74) is 13.7. The van der Waals surface area contributed by atoms with E-state index >= 15 is 0 Å². The first-order valence-corrected chi connectivity index (χ1v) is 33.1. The Kier molecular flexibility index (Phi) is 16.6. The van der Waals surface area contributed by atoms with Gasteiger partial charge in [-0.2, -0.15) is 0 Å². The van der Waals surface area contributed by atoms with Crippen LogP contribution in [0.2, 0.25) is 0 Å². The Morgan fingerprint density at radius 1 is 0.310 bits per heavy atom. The number of fused-ring (bicyclic) bond motifs is 5. The summed E-state index contributed by atoms with van der Waals surface area (Å²) in [5, 5.41) is 105. The van der Waals surface area contributed by atoms with Crippen molar-refractivity contribution >= 4 is 59.8 Å². The molecule has 0 atom stereocenters. The van der Waals surface area contributed by atoms with Gasteiger partial charge in [-0.05, 0) is 174 Å². The third kappa shape index (κ3) is 12.8. The number of phenolic OH excluding ortho intramolecular Hbond substituents is 7. The van der Waals surface area contributed by atoms with Crippen LogP contribution in [0.4, 0.5) is 0 Å². The zero-order valence-electron chi connectivity index (χ0n) is 52.6. The van der Waals surface area contributed by atoms with Crippen molar-refractivity contribution in [2.24, 2.45) is 0 Å². The van der Waals surface area contributed by atoms with E-state index in [4.69, 9.17) is 24.9 Å². The molecule has 0 spiro atoms. The number of aromatic hydroxyl groups is 10. The van der Waals surface area contributed by atoms with Crippen LogP contribution < -0.4 is 0 Å². The molecular formula is C79H57N9O10S2. The average molecular weight is 1360 g/mol. The smallest absolute Gasteiger partial charge is 0.219 e. The molecule has 0 saturated carbocycles. The molecule has 0 radical (unpaired) electrons. The van der Waals surface area contributed by atoms with Crippen molar-refractivity contribution in [2.75, 3.05) is 0 Å². The predicted molar refractivity (Wildman–Crippen MR) is 387 cm³/mol. The van der Waals surface area contributed by atoms with Gasteiger partial charge in [-0.25, -0.2) is 29.9 Å². The Hall–Kier alpha value is -13.2. The van der Waals surface area contributed by atoms with Gasteiger partial charge in [0, 0.05) is 85.8 Å². The molecular weight excluding hydrogens is 1300 g/mol. The van der Waals surface area contributed by atoms with Gasteiger partial charge in [0.25, 0.3) is 0 Å². The SMILES string of the molecule is Oc1ccc(Cc2nc3c(-c4cc5ccccc5s4)nc(-c4ccc(O)cc4)cn3c2O)cc1.Oc1ccc(Cc2nc3c(-c4ccc(O)cc4)nc(-c4ccc(O)cc4)cn3c2O)cc1.Oc1ccc(Cc2nc3c(-c4csc5ccccc45)nc(-c4ccc(O)cc4)cn3c2O)cc1. The van der Waals surface area contributed by atoms with Crippen molar-refractivity contribution in [1.29, 1.82) is 0 Å². The van der Waals surface area contributed by atoms with E-state index in [0.717, 1.165) is 69.6 Å². The first kappa shape index (κ1) is 62.9. The summed E-state index contributed by atoms with van der Waals surface area (Å²) >= 11 is 3.27. The summed E-state index contributed by atoms with van der Waals surface area (Å²) in [6.45, 7) is 0. The maximum atomic E-state index is 11.1. The lowest BCUT2D eigenvalue weighted by molar-refractivity contribution is 0.442. The average Bonchev–Trinajstić information content (AvgIpc) is 1.60. The maximum Gasteiger partial charge on any atom is 0.219 e. The van der Waals surface area contributed by atoms with Crippen molar-refractivity contribution in [3.8, 4) is 125 Å². The minimum absolute atomic E-state index is 0.00414. The van der Waals surface area contributed by atoms with Gasteiger partial charge in [0.05, 0.1) is 22.0 Å². The highest BCUT2D eigenvalue weighted by Gasteiger charge is 2.24. The van der Waals surface area contributed by atoms with Crippen LogP contribution in [-0.2, 0) is 19.3 Å². The molecule has 17 rings (SSSR count). The van der Waals surface area contributed by atoms with Crippen LogP contribution in [0.3, 0.4) is 0 Å². The maximum absolute atomic E-state index is 11.1. The number of aromatic nitrogens is 9. The molecule has 0 saturated heterocycles. The van der Waals surface area contributed by atoms with Crippen molar-refractivity contribution in [3.05, 3.63) is 282 Å². The van der Waals surface area contributed by atoms with Crippen molar-refractivity contribution < 1.29 is 51.1 Å². The van der Waals surface area contributed by atoms with E-state index in [1.807, 2.05) is 48.5 Å². The fourth-order valence-corrected chi connectivity index (χ4v) is 13.7. The van der Waals surface area contributed by atoms with E-state index in [-0.39, 0.29) is 57.9 Å². The molecule has 0 amide bonds. The second-order valence-electron chi connectivity index (χ2n) is 23.7. The topological polar surface area (TPSA) is 293 Å². The Bertz CT molecular complexity index is 5820. The molecule has 100 heavy (non-hydrogen) atoms. The summed E-state index contributed by atoms with van der Waals surface area (Å²) < 4.78 is 7.23. The first-order chi connectivity index (χ1) is 48.6. The predicted octanol–water partition coefficient (Wildman–Crippen LogP) is 16.4. The number of imidazole rings is 3. The number of phenols is 7. The second-order valence-corrected chi connectivity index (χ2v) is 25.7. The first-order valence-electron chi connectivity index (χ1n) is 31.4. The number of benzene rings is 9. The second kappa shape index (κ2) is 26.4. The number of hydrogen-bond donors (Lipinski definition) is 10. The van der Waals surface area contributed by atoms with Gasteiger partial charge in [0.1, 0.15) is 74.4 Å². The molecule has 8 aromatic heterocycles. The quantitative estimate of drug-likeness (QED) is 0.0544. The third-order valence-corrected chi connectivity index (χ3v) is 19.0. The fraction of sp³-hybridized carbons (Fsp3) is 0.0380. The number of nitrogens with zero attached hydrogens (tertiary/aromatic N) is 9. The minimum Gasteiger partial charge on any atom is -0.508 e. The lowest BCUT2D eigenvalue weighted by Gasteiger charge is -2.09. The molecule has 9 aromatic carbocycles. The Balaban J connectivity index is 0.000000122. The summed E-state index contributed by atoms with van der Waals surface area (Å²) in [6, 6.07) is 65.8. The van der Waals surface area contributed by atoms with Gasteiger partial charge < -0.3 is 51.1 Å². The number of rotatable bonds is 12. The molecule has 0 fully saturated rings. The highest BCUT2D eigenvalue weighted by molar-refractivity contribution is 7.22. The van der Waals surface area contributed by atoms with Gasteiger partial charge in [-0.3, -0.25) is 13.2 Å². The largest absolute Gasteiger partial charge is 0.508 e. The molecule has 17 aromatic rings. The van der Waals surface area contributed by atoms with Gasteiger partial charge in [-0.15, -0.1) is 22.7 Å². The summed E-state index contributed by atoms with van der Waals surface area (Å²) in [5.74, 6) is 1.29. The molecule has 0 bridgehead atoms. The van der Waals surface area contributed by atoms with Gasteiger partial charge in [-0.1, -0.05) is 72.8 Å². The highest BCUT2D eigenvalue weighted by Crippen LogP contribution is 2.41. The molecule has 8 heterocycles. The Morgan fingerprint density at radius 3 is 1.05 bits per heavy atom. The summed E-state index contributed by atoms with van der Waals surface area (Å²) in [4.78, 5) is 29.9. The lowest BCUT2D eigenvalue weighted by Crippen LogP contribution is -1.96. The standard InChI is InChI=1S/2C27H19N3O3S.C25H19N3O4/c31-18-9-5-16(6-10-18)13-22-27(33)30-14-23(17-7-11-19(32)12-8-17)28-25(26(30)29-22)21-15-34-24-4-2-1-3-20(21)24;31-19-9-5-16(6-10-19)13-21-27(33)30-15-22(17-7-11-20(32)12-8-17)28-25(26(30)29-21)24-14-18-3-1-2-4-23(18)34-24;29-18-7-1-15(2-8-18)13-21-25(32)28-14-22(16-3-9-19(30)10-4-16)26-23(24(28)27-21)17-5-11-20(31)12-6-17/h2*1-12,14-15,31-33H,13H2;1-12,14,29-32H,13H2. The minimum atomic E-state index is -0.00414. The molecule has 490 valence electrons. The zero-order chi connectivity index (χ0) is 68.7. The molecule has 10 N–H and O–H groups in total. The molecule has 21 heteroatoms. The van der Waals surface area contributed by atoms with E-state index in [0.29, 0.717) is 87.4 Å². The normalized spacial score (nSPS) is 11.3. The molecule has 19 nitrogen and oxygen atoms in total. The van der Waals surface area contributed by atoms with E-state index < -0.39 is 0 Å². The number of thiophene rings is 2. The monoisotopic (exact) mass is 1360 g/mol. The van der Waals surface area contributed by atoms with Gasteiger partial charge in [0.15, 0.2) is 16.9 Å². The summed E-state index contributed by atoms with van der Waals surface area (Å²) in [7, 11) is 0. The zero-order valence-corrected chi connectivity index (χ0v) is 54.2. The lowest BCUT2D eigenvalue weighted by atomic mass is 10.1. The van der Waals surface area contributed by atoms with E-state index in [1.165, 1.54) is 0 Å². The number of hydrogen-bond acceptors (Lipinski definition) is 18. The van der Waals surface area contributed by atoms with Crippen LogP contribution in [-0.4, -0.2) is 94.2 Å². The van der Waals surface area contributed by atoms with Crippen molar-refractivity contribution in [1.82, 2.24) is 43.1 Å². The molecule has 0 unspecified atom stereocenters. The van der Waals surface area contributed by atoms with E-state index in [2.05, 4.69) is 40.7 Å². The van der Waals surface area contributed by atoms with Crippen LogP contribution in [0.1, 0.15) is 33.8 Å². The van der Waals surface area contributed by atoms with Crippen LogP contribution in [0.25, 0.3) is 104 Å². The molecule has 0 aliphatic heterocycles. The Morgan fingerprint density at radius 2 is 0.640 bits per heavy atom. The van der Waals surface area contributed by atoms with Gasteiger partial charge in [0.2, 0.25) is 17.6 Å². The van der Waals surface area contributed by atoms with Crippen LogP contribution in [0.5, 0.6) is 57.9 Å².